The highest BCUT2D eigenvalue weighted by Crippen LogP contribution is 2.05. The maximum Gasteiger partial charge on any atom is 0.245 e. The van der Waals surface area contributed by atoms with Gasteiger partial charge >= 0.3 is 0 Å². The van der Waals surface area contributed by atoms with Crippen molar-refractivity contribution in [3.05, 3.63) is 12.4 Å². The molecule has 2 heterocycles. The Balaban J connectivity index is 2.50. The van der Waals surface area contributed by atoms with E-state index in [0.717, 1.165) is 5.69 Å². The molecular weight excluding hydrogens is 158 g/mol. The van der Waals surface area contributed by atoms with Gasteiger partial charge in [-0.1, -0.05) is 5.10 Å². The molecule has 2 aromatic heterocycles. The lowest BCUT2D eigenvalue weighted by atomic mass is 10.6. The zero-order valence-corrected chi connectivity index (χ0v) is 6.42. The Morgan fingerprint density at radius 2 is 2.33 bits per heavy atom. The molecule has 0 aliphatic heterocycles. The van der Waals surface area contributed by atoms with Crippen molar-refractivity contribution in [2.24, 2.45) is 7.05 Å². The number of hydrogen-bond donors (Lipinski definition) is 1. The monoisotopic (exact) mass is 165 g/mol. The molecule has 2 rings (SSSR count). The molecule has 0 aliphatic carbocycles. The molecule has 0 aromatic carbocycles. The molecule has 2 N–H and O–H groups in total. The molecule has 7 heteroatoms. The smallest absolute Gasteiger partial charge is 0.245 e. The van der Waals surface area contributed by atoms with E-state index in [1.54, 1.807) is 17.1 Å². The van der Waals surface area contributed by atoms with Gasteiger partial charge < -0.3 is 5.73 Å². The largest absolute Gasteiger partial charge is 0.366 e. The lowest BCUT2D eigenvalue weighted by molar-refractivity contribution is 0.763. The summed E-state index contributed by atoms with van der Waals surface area (Å²) in [4.78, 5) is 0. The minimum absolute atomic E-state index is 0.253. The number of hydrogen-bond acceptors (Lipinski definition) is 5. The van der Waals surface area contributed by atoms with Crippen LogP contribution in [-0.4, -0.2) is 30.0 Å². The molecule has 12 heavy (non-hydrogen) atoms. The lowest BCUT2D eigenvalue weighted by Gasteiger charge is -1.93. The van der Waals surface area contributed by atoms with Crippen LogP contribution in [0.5, 0.6) is 0 Å². The van der Waals surface area contributed by atoms with Crippen LogP contribution in [0.25, 0.3) is 5.69 Å². The molecule has 0 amide bonds. The Bertz CT molecular complexity index is 386. The van der Waals surface area contributed by atoms with Crippen molar-refractivity contribution in [1.82, 2.24) is 30.0 Å². The normalized spacial score (nSPS) is 10.4. The van der Waals surface area contributed by atoms with Crippen LogP contribution in [0.1, 0.15) is 0 Å². The topological polar surface area (TPSA) is 87.4 Å². The summed E-state index contributed by atoms with van der Waals surface area (Å²) in [5.74, 6) is 0.253. The Hall–Kier alpha value is -1.92. The third-order valence-corrected chi connectivity index (χ3v) is 1.43. The Morgan fingerprint density at radius 3 is 2.83 bits per heavy atom. The number of tetrazole rings is 1. The minimum Gasteiger partial charge on any atom is -0.366 e. The lowest BCUT2D eigenvalue weighted by Crippen LogP contribution is -2.01. The summed E-state index contributed by atoms with van der Waals surface area (Å²) in [5.41, 5.74) is 6.22. The SMILES string of the molecule is Cn1cc(-n2nnnc2N)cn1. The maximum absolute atomic E-state index is 5.47. The third-order valence-electron chi connectivity index (χ3n) is 1.43. The highest BCUT2D eigenvalue weighted by atomic mass is 15.6. The van der Waals surface area contributed by atoms with Gasteiger partial charge in [0.25, 0.3) is 0 Å². The van der Waals surface area contributed by atoms with Gasteiger partial charge in [-0.05, 0) is 10.4 Å². The zero-order chi connectivity index (χ0) is 8.55. The number of rotatable bonds is 1. The van der Waals surface area contributed by atoms with Gasteiger partial charge in [0.2, 0.25) is 5.95 Å². The van der Waals surface area contributed by atoms with Crippen LogP contribution in [0.4, 0.5) is 5.95 Å². The van der Waals surface area contributed by atoms with Gasteiger partial charge in [-0.25, -0.2) is 0 Å². The van der Waals surface area contributed by atoms with Crippen molar-refractivity contribution in [1.29, 1.82) is 0 Å². The number of aromatic nitrogens is 6. The predicted molar refractivity (Wildman–Crippen MR) is 40.3 cm³/mol. The quantitative estimate of drug-likeness (QED) is 0.584. The van der Waals surface area contributed by atoms with Crippen molar-refractivity contribution in [3.63, 3.8) is 0 Å². The molecule has 7 nitrogen and oxygen atoms in total. The van der Waals surface area contributed by atoms with Crippen LogP contribution < -0.4 is 5.73 Å². The van der Waals surface area contributed by atoms with Crippen LogP contribution in [0, 0.1) is 0 Å². The molecular formula is C5H7N7. The summed E-state index contributed by atoms with van der Waals surface area (Å²) < 4.78 is 3.06. The van der Waals surface area contributed by atoms with Crippen molar-refractivity contribution in [2.45, 2.75) is 0 Å². The van der Waals surface area contributed by atoms with E-state index in [0.29, 0.717) is 0 Å². The van der Waals surface area contributed by atoms with Crippen molar-refractivity contribution < 1.29 is 0 Å². The van der Waals surface area contributed by atoms with Crippen LogP contribution >= 0.6 is 0 Å². The highest BCUT2D eigenvalue weighted by molar-refractivity contribution is 5.31. The second-order valence-electron chi connectivity index (χ2n) is 2.32. The number of nitrogen functional groups attached to an aromatic ring is 1. The summed E-state index contributed by atoms with van der Waals surface area (Å²) in [7, 11) is 1.81. The van der Waals surface area contributed by atoms with Crippen molar-refractivity contribution >= 4 is 5.95 Å². The number of aryl methyl sites for hydroxylation is 1. The van der Waals surface area contributed by atoms with E-state index < -0.39 is 0 Å². The molecule has 62 valence electrons. The summed E-state index contributed by atoms with van der Waals surface area (Å²) in [6.45, 7) is 0. The van der Waals surface area contributed by atoms with Crippen LogP contribution in [0.3, 0.4) is 0 Å². The first kappa shape index (κ1) is 6.77. The van der Waals surface area contributed by atoms with Gasteiger partial charge in [0, 0.05) is 7.05 Å². The number of nitrogens with two attached hydrogens (primary N) is 1. The summed E-state index contributed by atoms with van der Waals surface area (Å²) >= 11 is 0. The van der Waals surface area contributed by atoms with Gasteiger partial charge in [-0.15, -0.1) is 0 Å². The second-order valence-corrected chi connectivity index (χ2v) is 2.32. The minimum atomic E-state index is 0.253. The van der Waals surface area contributed by atoms with Gasteiger partial charge in [-0.2, -0.15) is 9.78 Å². The second kappa shape index (κ2) is 2.29. The van der Waals surface area contributed by atoms with Crippen molar-refractivity contribution in [2.75, 3.05) is 5.73 Å². The van der Waals surface area contributed by atoms with E-state index >= 15 is 0 Å². The predicted octanol–water partition coefficient (Wildman–Crippen LogP) is -1.02. The molecule has 0 radical (unpaired) electrons. The molecule has 0 bridgehead atoms. The Labute approximate surface area is 67.8 Å². The van der Waals surface area contributed by atoms with Gasteiger partial charge in [0.05, 0.1) is 12.4 Å². The van der Waals surface area contributed by atoms with Crippen LogP contribution in [-0.2, 0) is 7.05 Å². The Kier molecular flexibility index (Phi) is 1.29. The Morgan fingerprint density at radius 1 is 1.50 bits per heavy atom. The molecule has 0 atom stereocenters. The average Bonchev–Trinajstić information content (AvgIpc) is 2.58. The molecule has 0 unspecified atom stereocenters. The molecule has 0 aliphatic rings. The van der Waals surface area contributed by atoms with E-state index in [1.165, 1.54) is 4.68 Å². The first-order valence-electron chi connectivity index (χ1n) is 3.30. The van der Waals surface area contributed by atoms with Gasteiger partial charge in [-0.3, -0.25) is 4.68 Å². The van der Waals surface area contributed by atoms with Crippen molar-refractivity contribution in [3.8, 4) is 5.69 Å². The van der Waals surface area contributed by atoms with Crippen LogP contribution in [0.15, 0.2) is 12.4 Å². The first-order chi connectivity index (χ1) is 5.77. The average molecular weight is 165 g/mol. The molecule has 0 saturated carbocycles. The van der Waals surface area contributed by atoms with E-state index in [-0.39, 0.29) is 5.95 Å². The van der Waals surface area contributed by atoms with Gasteiger partial charge in [0.15, 0.2) is 0 Å². The number of anilines is 1. The fourth-order valence-corrected chi connectivity index (χ4v) is 0.896. The standard InChI is InChI=1S/C5H7N7/c1-11-3-4(2-7-11)12-5(6)8-9-10-12/h2-3H,1H3,(H2,6,8,10). The summed E-state index contributed by atoms with van der Waals surface area (Å²) in [6.07, 6.45) is 3.40. The van der Waals surface area contributed by atoms with E-state index in [2.05, 4.69) is 20.6 Å². The maximum atomic E-state index is 5.47. The summed E-state index contributed by atoms with van der Waals surface area (Å²) in [6, 6.07) is 0. The highest BCUT2D eigenvalue weighted by Gasteiger charge is 2.04. The number of nitrogens with zero attached hydrogens (tertiary/aromatic N) is 6. The molecule has 2 aromatic rings. The molecule has 0 spiro atoms. The zero-order valence-electron chi connectivity index (χ0n) is 6.42. The first-order valence-corrected chi connectivity index (χ1v) is 3.30. The fourth-order valence-electron chi connectivity index (χ4n) is 0.896. The van der Waals surface area contributed by atoms with E-state index in [1.807, 2.05) is 7.05 Å². The fraction of sp³-hybridized carbons (Fsp3) is 0.200. The summed E-state index contributed by atoms with van der Waals surface area (Å²) in [5, 5.41) is 14.6. The molecule has 0 saturated heterocycles. The van der Waals surface area contributed by atoms with E-state index in [4.69, 9.17) is 5.73 Å². The third kappa shape index (κ3) is 0.911. The van der Waals surface area contributed by atoms with Crippen LogP contribution in [0.2, 0.25) is 0 Å². The van der Waals surface area contributed by atoms with E-state index in [9.17, 15) is 0 Å². The molecule has 0 fully saturated rings. The van der Waals surface area contributed by atoms with Gasteiger partial charge in [0.1, 0.15) is 5.69 Å².